The molecule has 2 aromatic rings. The molecule has 0 spiro atoms. The van der Waals surface area contributed by atoms with Crippen LogP contribution in [0.3, 0.4) is 0 Å². The first-order chi connectivity index (χ1) is 10.2. The highest BCUT2D eigenvalue weighted by atomic mass is 16.6. The van der Waals surface area contributed by atoms with E-state index in [0.29, 0.717) is 13.1 Å². The molecule has 1 heterocycles. The van der Waals surface area contributed by atoms with Crippen LogP contribution in [0.1, 0.15) is 29.6 Å². The van der Waals surface area contributed by atoms with Crippen molar-refractivity contribution in [3.05, 3.63) is 52.1 Å². The first-order valence-corrected chi connectivity index (χ1v) is 7.13. The van der Waals surface area contributed by atoms with E-state index in [2.05, 4.69) is 0 Å². The molecule has 0 aromatic heterocycles. The Bertz CT molecular complexity index is 706. The van der Waals surface area contributed by atoms with E-state index in [9.17, 15) is 14.9 Å². The Morgan fingerprint density at radius 3 is 2.29 bits per heavy atom. The average molecular weight is 284 g/mol. The lowest BCUT2D eigenvalue weighted by Gasteiger charge is -2.26. The molecule has 108 valence electrons. The molecule has 5 heteroatoms. The number of rotatable bonds is 2. The maximum Gasteiger partial charge on any atom is 0.282 e. The van der Waals surface area contributed by atoms with Crippen molar-refractivity contribution in [3.8, 4) is 0 Å². The van der Waals surface area contributed by atoms with Crippen molar-refractivity contribution >= 4 is 22.4 Å². The van der Waals surface area contributed by atoms with Crippen molar-refractivity contribution in [1.82, 2.24) is 4.90 Å². The molecule has 1 aliphatic heterocycles. The fourth-order valence-electron chi connectivity index (χ4n) is 2.82. The maximum absolute atomic E-state index is 12.6. The number of carbonyl (C=O) groups excluding carboxylic acids is 1. The Morgan fingerprint density at radius 1 is 1.05 bits per heavy atom. The van der Waals surface area contributed by atoms with Gasteiger partial charge < -0.3 is 4.90 Å². The van der Waals surface area contributed by atoms with Gasteiger partial charge >= 0.3 is 0 Å². The van der Waals surface area contributed by atoms with Crippen LogP contribution >= 0.6 is 0 Å². The van der Waals surface area contributed by atoms with Crippen molar-refractivity contribution in [2.24, 2.45) is 0 Å². The molecule has 0 saturated carbocycles. The van der Waals surface area contributed by atoms with Gasteiger partial charge in [-0.1, -0.05) is 24.3 Å². The Morgan fingerprint density at radius 2 is 1.67 bits per heavy atom. The Hall–Kier alpha value is -2.43. The molecule has 21 heavy (non-hydrogen) atoms. The number of benzene rings is 2. The molecule has 0 unspecified atom stereocenters. The Labute approximate surface area is 122 Å². The van der Waals surface area contributed by atoms with Crippen LogP contribution in [0.5, 0.6) is 0 Å². The highest BCUT2D eigenvalue weighted by molar-refractivity contribution is 6.02. The van der Waals surface area contributed by atoms with E-state index >= 15 is 0 Å². The zero-order valence-corrected chi connectivity index (χ0v) is 11.6. The predicted molar refractivity (Wildman–Crippen MR) is 80.4 cm³/mol. The zero-order chi connectivity index (χ0) is 14.8. The van der Waals surface area contributed by atoms with Crippen molar-refractivity contribution in [3.63, 3.8) is 0 Å². The molecule has 1 amide bonds. The van der Waals surface area contributed by atoms with Crippen LogP contribution < -0.4 is 0 Å². The van der Waals surface area contributed by atoms with Crippen LogP contribution in [-0.2, 0) is 0 Å². The van der Waals surface area contributed by atoms with Gasteiger partial charge in [-0.15, -0.1) is 0 Å². The number of nitro groups is 1. The minimum atomic E-state index is -0.469. The quantitative estimate of drug-likeness (QED) is 0.627. The van der Waals surface area contributed by atoms with Crippen molar-refractivity contribution in [2.45, 2.75) is 19.3 Å². The summed E-state index contributed by atoms with van der Waals surface area (Å²) >= 11 is 0. The van der Waals surface area contributed by atoms with E-state index in [1.807, 2.05) is 24.3 Å². The third-order valence-corrected chi connectivity index (χ3v) is 3.93. The number of hydrogen-bond donors (Lipinski definition) is 0. The molecule has 1 saturated heterocycles. The molecule has 0 aliphatic carbocycles. The average Bonchev–Trinajstić information content (AvgIpc) is 2.53. The lowest BCUT2D eigenvalue weighted by Crippen LogP contribution is -2.35. The second-order valence-corrected chi connectivity index (χ2v) is 5.33. The summed E-state index contributed by atoms with van der Waals surface area (Å²) in [4.78, 5) is 25.1. The standard InChI is InChI=1S/C16H16N2O3/c19-16(17-8-4-1-5-9-17)14-10-12-6-2-3-7-13(12)11-15(14)18(20)21/h2-3,6-7,10-11H,1,4-5,8-9H2. The van der Waals surface area contributed by atoms with E-state index in [1.54, 1.807) is 11.0 Å². The van der Waals surface area contributed by atoms with Gasteiger partial charge in [-0.3, -0.25) is 14.9 Å². The minimum absolute atomic E-state index is 0.107. The van der Waals surface area contributed by atoms with E-state index in [0.717, 1.165) is 30.0 Å². The summed E-state index contributed by atoms with van der Waals surface area (Å²) in [5.74, 6) is -0.229. The number of nitro benzene ring substituents is 1. The third-order valence-electron chi connectivity index (χ3n) is 3.93. The van der Waals surface area contributed by atoms with E-state index < -0.39 is 4.92 Å². The number of hydrogen-bond acceptors (Lipinski definition) is 3. The molecule has 5 nitrogen and oxygen atoms in total. The molecule has 3 rings (SSSR count). The lowest BCUT2D eigenvalue weighted by molar-refractivity contribution is -0.385. The molecule has 1 fully saturated rings. The van der Waals surface area contributed by atoms with Gasteiger partial charge in [-0.2, -0.15) is 0 Å². The van der Waals surface area contributed by atoms with Gasteiger partial charge in [0.15, 0.2) is 0 Å². The summed E-state index contributed by atoms with van der Waals surface area (Å²) in [7, 11) is 0. The van der Waals surface area contributed by atoms with Gasteiger partial charge in [0.25, 0.3) is 11.6 Å². The second kappa shape index (κ2) is 5.52. The normalized spacial score (nSPS) is 15.1. The number of fused-ring (bicyclic) bond motifs is 1. The SMILES string of the molecule is O=C(c1cc2ccccc2cc1[N+](=O)[O-])N1CCCCC1. The summed E-state index contributed by atoms with van der Waals surface area (Å²) in [5.41, 5.74) is 0.0878. The van der Waals surface area contributed by atoms with E-state index in [-0.39, 0.29) is 17.2 Å². The van der Waals surface area contributed by atoms with Gasteiger partial charge in [0, 0.05) is 19.2 Å². The maximum atomic E-state index is 12.6. The first kappa shape index (κ1) is 13.5. The van der Waals surface area contributed by atoms with Gasteiger partial charge in [0.05, 0.1) is 4.92 Å². The van der Waals surface area contributed by atoms with Crippen LogP contribution in [0.4, 0.5) is 5.69 Å². The van der Waals surface area contributed by atoms with Crippen LogP contribution in [-0.4, -0.2) is 28.8 Å². The van der Waals surface area contributed by atoms with Crippen LogP contribution in [0.25, 0.3) is 10.8 Å². The monoisotopic (exact) mass is 284 g/mol. The summed E-state index contributed by atoms with van der Waals surface area (Å²) in [6.07, 6.45) is 3.05. The van der Waals surface area contributed by atoms with E-state index in [4.69, 9.17) is 0 Å². The first-order valence-electron chi connectivity index (χ1n) is 7.13. The van der Waals surface area contributed by atoms with Gasteiger partial charge in [-0.25, -0.2) is 0 Å². The topological polar surface area (TPSA) is 63.4 Å². The number of nitrogens with zero attached hydrogens (tertiary/aromatic N) is 2. The molecule has 0 atom stereocenters. The number of amides is 1. The molecule has 2 aromatic carbocycles. The van der Waals surface area contributed by atoms with Crippen molar-refractivity contribution in [2.75, 3.05) is 13.1 Å². The number of likely N-dealkylation sites (tertiary alicyclic amines) is 1. The molecule has 1 aliphatic rings. The summed E-state index contributed by atoms with van der Waals surface area (Å²) < 4.78 is 0. The smallest absolute Gasteiger partial charge is 0.282 e. The van der Waals surface area contributed by atoms with E-state index in [1.165, 1.54) is 6.07 Å². The fourth-order valence-corrected chi connectivity index (χ4v) is 2.82. The number of piperidine rings is 1. The van der Waals surface area contributed by atoms with Crippen molar-refractivity contribution in [1.29, 1.82) is 0 Å². The molecule has 0 bridgehead atoms. The second-order valence-electron chi connectivity index (χ2n) is 5.33. The van der Waals surface area contributed by atoms with Crippen molar-refractivity contribution < 1.29 is 9.72 Å². The molecular formula is C16H16N2O3. The lowest BCUT2D eigenvalue weighted by atomic mass is 10.0. The summed E-state index contributed by atoms with van der Waals surface area (Å²) in [6, 6.07) is 10.5. The van der Waals surface area contributed by atoms with Gasteiger partial charge in [-0.05, 0) is 36.1 Å². The van der Waals surface area contributed by atoms with Crippen LogP contribution in [0, 0.1) is 10.1 Å². The highest BCUT2D eigenvalue weighted by Gasteiger charge is 2.26. The summed E-state index contributed by atoms with van der Waals surface area (Å²) in [5, 5.41) is 12.9. The van der Waals surface area contributed by atoms with Crippen LogP contribution in [0.15, 0.2) is 36.4 Å². The highest BCUT2D eigenvalue weighted by Crippen LogP contribution is 2.27. The number of carbonyl (C=O) groups is 1. The fraction of sp³-hybridized carbons (Fsp3) is 0.312. The van der Waals surface area contributed by atoms with Crippen LogP contribution in [0.2, 0.25) is 0 Å². The Kier molecular flexibility index (Phi) is 3.56. The summed E-state index contributed by atoms with van der Waals surface area (Å²) in [6.45, 7) is 1.37. The largest absolute Gasteiger partial charge is 0.338 e. The molecule has 0 N–H and O–H groups in total. The molecular weight excluding hydrogens is 268 g/mol. The van der Waals surface area contributed by atoms with Gasteiger partial charge in [0.1, 0.15) is 5.56 Å². The zero-order valence-electron chi connectivity index (χ0n) is 11.6. The Balaban J connectivity index is 2.08. The van der Waals surface area contributed by atoms with Gasteiger partial charge in [0.2, 0.25) is 0 Å². The minimum Gasteiger partial charge on any atom is -0.338 e. The molecule has 0 radical (unpaired) electrons. The third kappa shape index (κ3) is 2.59. The predicted octanol–water partition coefficient (Wildman–Crippen LogP) is 3.37.